The van der Waals surface area contributed by atoms with E-state index in [0.717, 1.165) is 28.6 Å². The van der Waals surface area contributed by atoms with Crippen LogP contribution < -0.4 is 10.9 Å². The normalized spacial score (nSPS) is 17.8. The van der Waals surface area contributed by atoms with Crippen molar-refractivity contribution in [2.45, 2.75) is 45.1 Å². The third-order valence-corrected chi connectivity index (χ3v) is 7.30. The Kier molecular flexibility index (Phi) is 6.01. The van der Waals surface area contributed by atoms with E-state index in [1.807, 2.05) is 24.3 Å². The molecule has 3 heterocycles. The first kappa shape index (κ1) is 20.1. The molecule has 0 aliphatic carbocycles. The van der Waals surface area contributed by atoms with Crippen LogP contribution >= 0.6 is 11.3 Å². The molecule has 1 aliphatic rings. The van der Waals surface area contributed by atoms with E-state index in [1.54, 1.807) is 17.7 Å². The number of amides is 1. The first-order chi connectivity index (χ1) is 14.1. The number of carbonyl (C=O) groups is 1. The number of hydrogen-bond acceptors (Lipinski definition) is 4. The summed E-state index contributed by atoms with van der Waals surface area (Å²) < 4.78 is 2.56. The minimum atomic E-state index is -0.0805. The molecule has 0 spiro atoms. The summed E-state index contributed by atoms with van der Waals surface area (Å²) in [5, 5.41) is 4.69. The van der Waals surface area contributed by atoms with Crippen LogP contribution in [-0.2, 0) is 7.05 Å². The molecule has 1 N–H and O–H groups in total. The lowest BCUT2D eigenvalue weighted by Gasteiger charge is -2.35. The fourth-order valence-electron chi connectivity index (χ4n) is 4.50. The average Bonchev–Trinajstić information content (AvgIpc) is 3.21. The topological polar surface area (TPSA) is 54.3 Å². The summed E-state index contributed by atoms with van der Waals surface area (Å²) in [4.78, 5) is 28.6. The predicted octanol–water partition coefficient (Wildman–Crippen LogP) is 4.14. The van der Waals surface area contributed by atoms with Crippen molar-refractivity contribution >= 4 is 38.2 Å². The lowest BCUT2D eigenvalue weighted by atomic mass is 10.00. The SMILES string of the molecule is CC[C@H]1CCCCN1CCCNC(=O)c1cc2c(=O)n(C)c3ccccc3c2s1. The second-order valence-corrected chi connectivity index (χ2v) is 8.99. The Morgan fingerprint density at radius 1 is 1.24 bits per heavy atom. The number of thiophene rings is 1. The number of nitrogens with one attached hydrogen (secondary N) is 1. The highest BCUT2D eigenvalue weighted by Crippen LogP contribution is 2.30. The summed E-state index contributed by atoms with van der Waals surface area (Å²) in [7, 11) is 1.78. The summed E-state index contributed by atoms with van der Waals surface area (Å²) >= 11 is 1.41. The lowest BCUT2D eigenvalue weighted by Crippen LogP contribution is -2.40. The Hall–Kier alpha value is -2.18. The van der Waals surface area contributed by atoms with Gasteiger partial charge in [-0.2, -0.15) is 0 Å². The maximum Gasteiger partial charge on any atom is 0.261 e. The molecule has 29 heavy (non-hydrogen) atoms. The van der Waals surface area contributed by atoms with E-state index in [1.165, 1.54) is 43.6 Å². The van der Waals surface area contributed by atoms with Crippen LogP contribution in [-0.4, -0.2) is 41.1 Å². The summed E-state index contributed by atoms with van der Waals surface area (Å²) in [5.41, 5.74) is 0.843. The number of aryl methyl sites for hydroxylation is 1. The average molecular weight is 412 g/mol. The number of aromatic nitrogens is 1. The van der Waals surface area contributed by atoms with Crippen LogP contribution in [0, 0.1) is 0 Å². The van der Waals surface area contributed by atoms with Crippen molar-refractivity contribution in [1.29, 1.82) is 0 Å². The Morgan fingerprint density at radius 2 is 2.07 bits per heavy atom. The summed E-state index contributed by atoms with van der Waals surface area (Å²) in [5.74, 6) is -0.0805. The number of para-hydroxylation sites is 1. The molecule has 1 atom stereocenters. The molecule has 3 aromatic rings. The molecule has 0 radical (unpaired) electrons. The van der Waals surface area contributed by atoms with Crippen LogP contribution in [0.15, 0.2) is 35.1 Å². The zero-order valence-corrected chi connectivity index (χ0v) is 18.1. The monoisotopic (exact) mass is 411 g/mol. The van der Waals surface area contributed by atoms with E-state index in [9.17, 15) is 9.59 Å². The first-order valence-electron chi connectivity index (χ1n) is 10.6. The van der Waals surface area contributed by atoms with Gasteiger partial charge >= 0.3 is 0 Å². The molecule has 2 aromatic heterocycles. The Labute approximate surface area is 175 Å². The van der Waals surface area contributed by atoms with E-state index in [0.29, 0.717) is 22.8 Å². The molecule has 6 heteroatoms. The largest absolute Gasteiger partial charge is 0.351 e. The molecule has 0 bridgehead atoms. The summed E-state index contributed by atoms with van der Waals surface area (Å²) in [6.07, 6.45) is 6.09. The number of rotatable bonds is 6. The second kappa shape index (κ2) is 8.67. The molecule has 1 fully saturated rings. The Balaban J connectivity index is 1.45. The standard InChI is InChI=1S/C23H29N3O2S/c1-3-16-9-6-7-13-26(16)14-8-12-24-22(27)20-15-18-21(29-20)17-10-4-5-11-19(17)25(2)23(18)28/h4-5,10-11,15-16H,3,6-9,12-14H2,1-2H3,(H,24,27)/t16-/m0/s1. The highest BCUT2D eigenvalue weighted by Gasteiger charge is 2.20. The summed E-state index contributed by atoms with van der Waals surface area (Å²) in [6, 6.07) is 10.3. The smallest absolute Gasteiger partial charge is 0.261 e. The van der Waals surface area contributed by atoms with Crippen molar-refractivity contribution in [3.8, 4) is 0 Å². The fourth-order valence-corrected chi connectivity index (χ4v) is 5.60. The van der Waals surface area contributed by atoms with Gasteiger partial charge in [0.25, 0.3) is 11.5 Å². The van der Waals surface area contributed by atoms with Crippen LogP contribution in [0.25, 0.3) is 21.0 Å². The molecule has 1 aromatic carbocycles. The van der Waals surface area contributed by atoms with Gasteiger partial charge in [-0.1, -0.05) is 31.5 Å². The van der Waals surface area contributed by atoms with Gasteiger partial charge in [0, 0.05) is 36.3 Å². The molecule has 0 unspecified atom stereocenters. The number of nitrogens with zero attached hydrogens (tertiary/aromatic N) is 2. The van der Waals surface area contributed by atoms with E-state index in [-0.39, 0.29) is 11.5 Å². The minimum absolute atomic E-state index is 0.0512. The third kappa shape index (κ3) is 3.96. The Bertz CT molecular complexity index is 1080. The molecule has 4 rings (SSSR count). The minimum Gasteiger partial charge on any atom is -0.351 e. The van der Waals surface area contributed by atoms with Gasteiger partial charge in [0.2, 0.25) is 0 Å². The van der Waals surface area contributed by atoms with Crippen LogP contribution in [0.5, 0.6) is 0 Å². The van der Waals surface area contributed by atoms with Crippen LogP contribution in [0.4, 0.5) is 0 Å². The number of pyridine rings is 1. The van der Waals surface area contributed by atoms with Gasteiger partial charge in [-0.05, 0) is 44.4 Å². The van der Waals surface area contributed by atoms with E-state index in [4.69, 9.17) is 0 Å². The number of hydrogen-bond donors (Lipinski definition) is 1. The molecular weight excluding hydrogens is 382 g/mol. The molecule has 5 nitrogen and oxygen atoms in total. The number of likely N-dealkylation sites (tertiary alicyclic amines) is 1. The van der Waals surface area contributed by atoms with Gasteiger partial charge in [-0.25, -0.2) is 0 Å². The molecule has 1 saturated heterocycles. The molecular formula is C23H29N3O2S. The van der Waals surface area contributed by atoms with E-state index < -0.39 is 0 Å². The summed E-state index contributed by atoms with van der Waals surface area (Å²) in [6.45, 7) is 5.15. The fraction of sp³-hybridized carbons (Fsp3) is 0.478. The zero-order chi connectivity index (χ0) is 20.4. The van der Waals surface area contributed by atoms with Crippen LogP contribution in [0.1, 0.15) is 48.7 Å². The highest BCUT2D eigenvalue weighted by atomic mass is 32.1. The molecule has 1 amide bonds. The van der Waals surface area contributed by atoms with E-state index >= 15 is 0 Å². The lowest BCUT2D eigenvalue weighted by molar-refractivity contribution is 0.0951. The van der Waals surface area contributed by atoms with Crippen molar-refractivity contribution in [3.63, 3.8) is 0 Å². The van der Waals surface area contributed by atoms with Gasteiger partial charge in [0.05, 0.1) is 15.8 Å². The van der Waals surface area contributed by atoms with Crippen molar-refractivity contribution in [2.75, 3.05) is 19.6 Å². The van der Waals surface area contributed by atoms with Gasteiger partial charge in [-0.15, -0.1) is 11.3 Å². The quantitative estimate of drug-likeness (QED) is 0.620. The maximum absolute atomic E-state index is 12.7. The first-order valence-corrected chi connectivity index (χ1v) is 11.4. The van der Waals surface area contributed by atoms with E-state index in [2.05, 4.69) is 17.1 Å². The number of carbonyl (C=O) groups excluding carboxylic acids is 1. The third-order valence-electron chi connectivity index (χ3n) is 6.13. The van der Waals surface area contributed by atoms with Crippen LogP contribution in [0.3, 0.4) is 0 Å². The van der Waals surface area contributed by atoms with Gasteiger partial charge in [0.15, 0.2) is 0 Å². The van der Waals surface area contributed by atoms with Crippen molar-refractivity contribution in [1.82, 2.24) is 14.8 Å². The molecule has 0 saturated carbocycles. The van der Waals surface area contributed by atoms with Crippen molar-refractivity contribution < 1.29 is 4.79 Å². The van der Waals surface area contributed by atoms with Gasteiger partial charge in [0.1, 0.15) is 0 Å². The zero-order valence-electron chi connectivity index (χ0n) is 17.2. The Morgan fingerprint density at radius 3 is 2.90 bits per heavy atom. The van der Waals surface area contributed by atoms with Crippen molar-refractivity contribution in [3.05, 3.63) is 45.6 Å². The van der Waals surface area contributed by atoms with Crippen molar-refractivity contribution in [2.24, 2.45) is 7.05 Å². The number of fused-ring (bicyclic) bond motifs is 3. The maximum atomic E-state index is 12.7. The highest BCUT2D eigenvalue weighted by molar-refractivity contribution is 7.21. The molecule has 1 aliphatic heterocycles. The molecule has 154 valence electrons. The second-order valence-electron chi connectivity index (χ2n) is 7.94. The van der Waals surface area contributed by atoms with Crippen LogP contribution in [0.2, 0.25) is 0 Å². The number of piperidine rings is 1. The van der Waals surface area contributed by atoms with Gasteiger partial charge < -0.3 is 14.8 Å². The predicted molar refractivity (Wildman–Crippen MR) is 121 cm³/mol. The van der Waals surface area contributed by atoms with Gasteiger partial charge in [-0.3, -0.25) is 9.59 Å². The number of benzene rings is 1.